The Morgan fingerprint density at radius 2 is 1.51 bits per heavy atom. The second-order valence-electron chi connectivity index (χ2n) is 9.03. The van der Waals surface area contributed by atoms with Gasteiger partial charge in [-0.2, -0.15) is 0 Å². The smallest absolute Gasteiger partial charge is 0.269 e. The van der Waals surface area contributed by atoms with Gasteiger partial charge in [-0.15, -0.1) is 0 Å². The summed E-state index contributed by atoms with van der Waals surface area (Å²) in [6, 6.07) is 20.9. The number of nitro benzene ring substituents is 1. The molecule has 1 amide bonds. The molecule has 0 bridgehead atoms. The van der Waals surface area contributed by atoms with E-state index >= 15 is 0 Å². The first-order valence-electron chi connectivity index (χ1n) is 12.2. The van der Waals surface area contributed by atoms with E-state index in [1.54, 1.807) is 18.2 Å². The van der Waals surface area contributed by atoms with E-state index in [0.717, 1.165) is 29.5 Å². The summed E-state index contributed by atoms with van der Waals surface area (Å²) >= 11 is 0. The number of nitro groups is 1. The summed E-state index contributed by atoms with van der Waals surface area (Å²) in [6.07, 6.45) is 3.77. The Morgan fingerprint density at radius 1 is 0.892 bits per heavy atom. The SMILES string of the molecule is O=C(CN(c1ccc([N+](=O)[O-])cc1)S(=O)(=O)c1ccccc1)NCc1ccc(CN2CCCCC2)cc1. The fraction of sp³-hybridized carbons (Fsp3) is 0.296. The van der Waals surface area contributed by atoms with Crippen LogP contribution in [0.2, 0.25) is 0 Å². The number of hydrogen-bond donors (Lipinski definition) is 1. The van der Waals surface area contributed by atoms with Crippen LogP contribution in [0.15, 0.2) is 83.8 Å². The highest BCUT2D eigenvalue weighted by atomic mass is 32.2. The highest BCUT2D eigenvalue weighted by molar-refractivity contribution is 7.92. The minimum atomic E-state index is -4.09. The molecule has 0 aromatic heterocycles. The van der Waals surface area contributed by atoms with E-state index < -0.39 is 27.4 Å². The molecule has 1 aliphatic heterocycles. The lowest BCUT2D eigenvalue weighted by Gasteiger charge is -2.26. The zero-order chi connectivity index (χ0) is 26.3. The number of carbonyl (C=O) groups excluding carboxylic acids is 1. The standard InChI is InChI=1S/C27H30N4O5S/c32-27(28-19-22-9-11-23(12-10-22)20-29-17-5-2-6-18-29)21-30(24-13-15-25(16-14-24)31(33)34)37(35,36)26-7-3-1-4-8-26/h1,3-4,7-16H,2,5-6,17-21H2,(H,28,32). The van der Waals surface area contributed by atoms with Crippen molar-refractivity contribution in [1.82, 2.24) is 10.2 Å². The summed E-state index contributed by atoms with van der Waals surface area (Å²) in [6.45, 7) is 2.93. The van der Waals surface area contributed by atoms with Gasteiger partial charge in [-0.1, -0.05) is 48.9 Å². The number of non-ortho nitro benzene ring substituents is 1. The van der Waals surface area contributed by atoms with E-state index in [2.05, 4.69) is 22.3 Å². The van der Waals surface area contributed by atoms with Crippen molar-refractivity contribution in [3.63, 3.8) is 0 Å². The van der Waals surface area contributed by atoms with Gasteiger partial charge in [0.05, 0.1) is 15.5 Å². The van der Waals surface area contributed by atoms with Crippen molar-refractivity contribution >= 4 is 27.3 Å². The first-order valence-corrected chi connectivity index (χ1v) is 13.7. The summed E-state index contributed by atoms with van der Waals surface area (Å²) in [5.74, 6) is -0.491. The second-order valence-corrected chi connectivity index (χ2v) is 10.9. The Morgan fingerprint density at radius 3 is 2.14 bits per heavy atom. The van der Waals surface area contributed by atoms with Gasteiger partial charge in [0, 0.05) is 25.2 Å². The van der Waals surface area contributed by atoms with Crippen molar-refractivity contribution in [1.29, 1.82) is 0 Å². The lowest BCUT2D eigenvalue weighted by Crippen LogP contribution is -2.40. The molecule has 1 heterocycles. The number of anilines is 1. The molecule has 0 atom stereocenters. The Balaban J connectivity index is 1.44. The second kappa shape index (κ2) is 12.0. The van der Waals surface area contributed by atoms with Gasteiger partial charge in [0.15, 0.2) is 0 Å². The Hall–Kier alpha value is -3.76. The molecule has 4 rings (SSSR count). The van der Waals surface area contributed by atoms with Gasteiger partial charge in [-0.3, -0.25) is 24.1 Å². The summed E-state index contributed by atoms with van der Waals surface area (Å²) < 4.78 is 27.7. The van der Waals surface area contributed by atoms with Crippen LogP contribution in [0.25, 0.3) is 0 Å². The molecular weight excluding hydrogens is 492 g/mol. The number of amides is 1. The Kier molecular flexibility index (Phi) is 8.52. The topological polar surface area (TPSA) is 113 Å². The largest absolute Gasteiger partial charge is 0.350 e. The van der Waals surface area contributed by atoms with Gasteiger partial charge in [0.25, 0.3) is 15.7 Å². The van der Waals surface area contributed by atoms with E-state index in [0.29, 0.717) is 0 Å². The molecule has 0 aliphatic carbocycles. The van der Waals surface area contributed by atoms with Crippen molar-refractivity contribution < 1.29 is 18.1 Å². The monoisotopic (exact) mass is 522 g/mol. The van der Waals surface area contributed by atoms with Gasteiger partial charge in [0.2, 0.25) is 5.91 Å². The van der Waals surface area contributed by atoms with Gasteiger partial charge < -0.3 is 5.32 Å². The van der Waals surface area contributed by atoms with E-state index in [1.165, 1.54) is 61.2 Å². The Bertz CT molecular complexity index is 1310. The van der Waals surface area contributed by atoms with E-state index in [9.17, 15) is 23.3 Å². The van der Waals surface area contributed by atoms with Gasteiger partial charge >= 0.3 is 0 Å². The third kappa shape index (κ3) is 6.93. The van der Waals surface area contributed by atoms with Crippen LogP contribution in [0.1, 0.15) is 30.4 Å². The van der Waals surface area contributed by atoms with Gasteiger partial charge in [-0.05, 0) is 61.3 Å². The molecule has 1 saturated heterocycles. The molecule has 9 nitrogen and oxygen atoms in total. The molecule has 1 fully saturated rings. The van der Waals surface area contributed by atoms with Gasteiger partial charge in [-0.25, -0.2) is 8.42 Å². The molecule has 0 unspecified atom stereocenters. The number of nitrogens with zero attached hydrogens (tertiary/aromatic N) is 3. The maximum atomic E-state index is 13.4. The van der Waals surface area contributed by atoms with Crippen LogP contribution in [-0.2, 0) is 27.9 Å². The van der Waals surface area contributed by atoms with Crippen LogP contribution in [0.4, 0.5) is 11.4 Å². The quantitative estimate of drug-likeness (QED) is 0.317. The number of nitrogens with one attached hydrogen (secondary N) is 1. The summed E-state index contributed by atoms with van der Waals surface area (Å²) in [5.41, 5.74) is 2.11. The fourth-order valence-electron chi connectivity index (χ4n) is 4.30. The lowest BCUT2D eigenvalue weighted by atomic mass is 10.1. The molecule has 10 heteroatoms. The molecule has 3 aromatic carbocycles. The van der Waals surface area contributed by atoms with Crippen LogP contribution in [-0.4, -0.2) is 43.8 Å². The third-order valence-corrected chi connectivity index (χ3v) is 8.12. The summed E-state index contributed by atoms with van der Waals surface area (Å²) in [4.78, 5) is 25.8. The van der Waals surface area contributed by atoms with Crippen molar-refractivity contribution in [2.24, 2.45) is 0 Å². The molecule has 0 radical (unpaired) electrons. The minimum Gasteiger partial charge on any atom is -0.350 e. The molecule has 0 saturated carbocycles. The van der Waals surface area contributed by atoms with Crippen LogP contribution in [0, 0.1) is 10.1 Å². The summed E-state index contributed by atoms with van der Waals surface area (Å²) in [5, 5.41) is 13.8. The number of piperidine rings is 1. The van der Waals surface area contributed by atoms with Crippen LogP contribution in [0.5, 0.6) is 0 Å². The molecule has 3 aromatic rings. The molecule has 1 N–H and O–H groups in total. The Labute approximate surface area is 216 Å². The predicted molar refractivity (Wildman–Crippen MR) is 141 cm³/mol. The molecule has 1 aliphatic rings. The average molecular weight is 523 g/mol. The van der Waals surface area contributed by atoms with E-state index in [-0.39, 0.29) is 22.8 Å². The minimum absolute atomic E-state index is 0.0189. The first kappa shape index (κ1) is 26.3. The third-order valence-electron chi connectivity index (χ3n) is 6.33. The van der Waals surface area contributed by atoms with Crippen molar-refractivity contribution in [3.8, 4) is 0 Å². The number of rotatable bonds is 10. The molecular formula is C27H30N4O5S. The fourth-order valence-corrected chi connectivity index (χ4v) is 5.74. The van der Waals surface area contributed by atoms with Crippen molar-refractivity contribution in [2.75, 3.05) is 23.9 Å². The number of carbonyl (C=O) groups is 1. The average Bonchev–Trinajstić information content (AvgIpc) is 2.92. The number of sulfonamides is 1. The van der Waals surface area contributed by atoms with Crippen LogP contribution < -0.4 is 9.62 Å². The van der Waals surface area contributed by atoms with Crippen LogP contribution in [0.3, 0.4) is 0 Å². The number of likely N-dealkylation sites (tertiary alicyclic amines) is 1. The summed E-state index contributed by atoms with van der Waals surface area (Å²) in [7, 11) is -4.09. The zero-order valence-corrected chi connectivity index (χ0v) is 21.3. The lowest BCUT2D eigenvalue weighted by molar-refractivity contribution is -0.384. The highest BCUT2D eigenvalue weighted by Crippen LogP contribution is 2.25. The molecule has 0 spiro atoms. The highest BCUT2D eigenvalue weighted by Gasteiger charge is 2.27. The van der Waals surface area contributed by atoms with E-state index in [4.69, 9.17) is 0 Å². The van der Waals surface area contributed by atoms with Crippen molar-refractivity contribution in [2.45, 2.75) is 37.2 Å². The predicted octanol–water partition coefficient (Wildman–Crippen LogP) is 4.09. The van der Waals surface area contributed by atoms with Crippen LogP contribution >= 0.6 is 0 Å². The maximum Gasteiger partial charge on any atom is 0.269 e. The van der Waals surface area contributed by atoms with Gasteiger partial charge in [0.1, 0.15) is 6.54 Å². The molecule has 194 valence electrons. The number of hydrogen-bond acceptors (Lipinski definition) is 6. The maximum absolute atomic E-state index is 13.4. The number of benzene rings is 3. The molecule has 37 heavy (non-hydrogen) atoms. The normalized spacial score (nSPS) is 14.2. The zero-order valence-electron chi connectivity index (χ0n) is 20.5. The van der Waals surface area contributed by atoms with E-state index in [1.807, 2.05) is 12.1 Å². The first-order chi connectivity index (χ1) is 17.8. The van der Waals surface area contributed by atoms with Crippen molar-refractivity contribution in [3.05, 3.63) is 100 Å².